The molecule has 0 spiro atoms. The van der Waals surface area contributed by atoms with E-state index in [0.29, 0.717) is 23.0 Å². The fourth-order valence-corrected chi connectivity index (χ4v) is 6.22. The minimum Gasteiger partial charge on any atom is -0.451 e. The first-order valence-electron chi connectivity index (χ1n) is 14.5. The average molecular weight is 590 g/mol. The summed E-state index contributed by atoms with van der Waals surface area (Å²) < 4.78 is 6.92. The zero-order valence-corrected chi connectivity index (χ0v) is 24.1. The number of fused-ring (bicyclic) bond motifs is 3. The van der Waals surface area contributed by atoms with Gasteiger partial charge in [-0.1, -0.05) is 24.6 Å². The number of pyridine rings is 1. The van der Waals surface area contributed by atoms with E-state index in [0.717, 1.165) is 24.6 Å². The maximum absolute atomic E-state index is 13.4. The lowest BCUT2D eigenvalue weighted by molar-refractivity contribution is -0.137. The molecule has 226 valence electrons. The summed E-state index contributed by atoms with van der Waals surface area (Å²) in [6.45, 7) is 1.51. The number of Topliss-reactive ketones (excluding diaryl/α,β-unsaturated/α-hetero) is 1. The van der Waals surface area contributed by atoms with Gasteiger partial charge >= 0.3 is 0 Å². The van der Waals surface area contributed by atoms with Gasteiger partial charge in [0.15, 0.2) is 5.76 Å². The highest BCUT2D eigenvalue weighted by molar-refractivity contribution is 6.36. The number of likely N-dealkylation sites (N-methyl/N-ethyl adjacent to an activating group) is 1. The molecule has 2 aromatic heterocycles. The summed E-state index contributed by atoms with van der Waals surface area (Å²) in [4.78, 5) is 76.4. The molecule has 2 heterocycles. The molecule has 4 atom stereocenters. The van der Waals surface area contributed by atoms with Crippen molar-refractivity contribution in [2.45, 2.75) is 64.1 Å². The summed E-state index contributed by atoms with van der Waals surface area (Å²) in [6, 6.07) is 8.85. The lowest BCUT2D eigenvalue weighted by atomic mass is 9.95. The summed E-state index contributed by atoms with van der Waals surface area (Å²) in [5.41, 5.74) is 0.370. The molecule has 2 fully saturated rings. The topological polar surface area (TPSA) is 169 Å². The maximum Gasteiger partial charge on any atom is 0.287 e. The van der Waals surface area contributed by atoms with Crippen molar-refractivity contribution in [2.24, 2.45) is 11.8 Å². The van der Waals surface area contributed by atoms with Gasteiger partial charge in [-0.2, -0.15) is 0 Å². The highest BCUT2D eigenvalue weighted by Gasteiger charge is 2.40. The van der Waals surface area contributed by atoms with E-state index in [9.17, 15) is 28.8 Å². The van der Waals surface area contributed by atoms with Gasteiger partial charge in [-0.15, -0.1) is 0 Å². The normalized spacial score (nSPS) is 19.5. The van der Waals surface area contributed by atoms with E-state index in [1.807, 2.05) is 6.07 Å². The molecule has 4 N–H and O–H groups in total. The molecule has 12 nitrogen and oxygen atoms in total. The lowest BCUT2D eigenvalue weighted by Gasteiger charge is -2.23. The molecular weight excluding hydrogens is 554 g/mol. The molecule has 2 aliphatic carbocycles. The van der Waals surface area contributed by atoms with Crippen molar-refractivity contribution in [3.63, 3.8) is 0 Å². The number of ketones is 1. The highest BCUT2D eigenvalue weighted by atomic mass is 16.3. The molecule has 43 heavy (non-hydrogen) atoms. The van der Waals surface area contributed by atoms with Gasteiger partial charge < -0.3 is 30.3 Å². The quantitative estimate of drug-likeness (QED) is 0.248. The van der Waals surface area contributed by atoms with Gasteiger partial charge in [0, 0.05) is 36.7 Å². The molecular formula is C31H35N5O7. The first-order valence-corrected chi connectivity index (χ1v) is 14.5. The van der Waals surface area contributed by atoms with Crippen LogP contribution in [0.1, 0.15) is 54.6 Å². The standard InChI is InChI=1S/C31H35N5O7/c1-17-20-6-3-4-8-25(20)43-27(17)30(41)34-21(11-12-24(37)29(40)32-2)28(39)35-22-7-5-13-36(31(22)42)16-26(38)33-23-15-18-9-10-19(23)14-18/h3-8,13,18-19,21,23H,9-12,14-16H2,1-2H3,(H,32,40)(H,33,38)(H,34,41)(H,35,39)/t18?,19?,21-,23?/m0/s1. The zero-order valence-electron chi connectivity index (χ0n) is 24.1. The number of anilines is 1. The van der Waals surface area contributed by atoms with E-state index < -0.39 is 35.1 Å². The zero-order chi connectivity index (χ0) is 30.7. The Balaban J connectivity index is 1.29. The molecule has 4 amide bonds. The van der Waals surface area contributed by atoms with Gasteiger partial charge in [0.25, 0.3) is 17.4 Å². The number of aryl methyl sites for hydroxylation is 1. The molecule has 2 aliphatic rings. The third-order valence-corrected chi connectivity index (χ3v) is 8.49. The largest absolute Gasteiger partial charge is 0.451 e. The van der Waals surface area contributed by atoms with Gasteiger partial charge in [0.2, 0.25) is 17.6 Å². The number of nitrogens with zero attached hydrogens (tertiary/aromatic N) is 1. The van der Waals surface area contributed by atoms with E-state index in [4.69, 9.17) is 4.42 Å². The highest BCUT2D eigenvalue weighted by Crippen LogP contribution is 2.44. The third-order valence-electron chi connectivity index (χ3n) is 8.49. The van der Waals surface area contributed by atoms with Gasteiger partial charge in [0.05, 0.1) is 0 Å². The third kappa shape index (κ3) is 6.52. The molecule has 12 heteroatoms. The number of carbonyl (C=O) groups is 5. The molecule has 0 aliphatic heterocycles. The second-order valence-electron chi connectivity index (χ2n) is 11.3. The van der Waals surface area contributed by atoms with E-state index in [1.165, 1.54) is 36.4 Å². The smallest absolute Gasteiger partial charge is 0.287 e. The van der Waals surface area contributed by atoms with Crippen LogP contribution in [-0.4, -0.2) is 53.1 Å². The molecule has 2 saturated carbocycles. The monoisotopic (exact) mass is 589 g/mol. The fourth-order valence-electron chi connectivity index (χ4n) is 6.22. The van der Waals surface area contributed by atoms with E-state index in [1.54, 1.807) is 25.1 Å². The van der Waals surface area contributed by atoms with Crippen molar-refractivity contribution in [2.75, 3.05) is 12.4 Å². The molecule has 0 radical (unpaired) electrons. The number of aromatic nitrogens is 1. The van der Waals surface area contributed by atoms with Crippen molar-refractivity contribution >= 4 is 46.1 Å². The molecule has 5 rings (SSSR count). The van der Waals surface area contributed by atoms with Crippen molar-refractivity contribution < 1.29 is 28.4 Å². The summed E-state index contributed by atoms with van der Waals surface area (Å²) in [5, 5.41) is 11.1. The summed E-state index contributed by atoms with van der Waals surface area (Å²) >= 11 is 0. The van der Waals surface area contributed by atoms with E-state index >= 15 is 0 Å². The molecule has 0 saturated heterocycles. The molecule has 3 unspecified atom stereocenters. The van der Waals surface area contributed by atoms with Crippen molar-refractivity contribution in [1.29, 1.82) is 0 Å². The van der Waals surface area contributed by atoms with Crippen molar-refractivity contribution in [3.8, 4) is 0 Å². The summed E-state index contributed by atoms with van der Waals surface area (Å²) in [5.74, 6) is -2.18. The van der Waals surface area contributed by atoms with Crippen LogP contribution in [0.5, 0.6) is 0 Å². The van der Waals surface area contributed by atoms with Crippen LogP contribution in [0.2, 0.25) is 0 Å². The number of nitrogens with one attached hydrogen (secondary N) is 4. The number of rotatable bonds is 11. The van der Waals surface area contributed by atoms with Crippen LogP contribution >= 0.6 is 0 Å². The number of hydrogen-bond donors (Lipinski definition) is 4. The first kappa shape index (κ1) is 29.7. The SMILES string of the molecule is CNC(=O)C(=O)CC[C@H](NC(=O)c1oc2ccccc2c1C)C(=O)Nc1cccn(CC(=O)NC2CC3CCC2C3)c1=O. The van der Waals surface area contributed by atoms with Crippen LogP contribution in [0.15, 0.2) is 51.8 Å². The number of hydrogen-bond acceptors (Lipinski definition) is 7. The van der Waals surface area contributed by atoms with E-state index in [2.05, 4.69) is 21.3 Å². The second kappa shape index (κ2) is 12.6. The predicted octanol–water partition coefficient (Wildman–Crippen LogP) is 2.04. The number of benzene rings is 1. The van der Waals surface area contributed by atoms with Crippen molar-refractivity contribution in [1.82, 2.24) is 20.5 Å². The van der Waals surface area contributed by atoms with Gasteiger partial charge in [-0.3, -0.25) is 28.8 Å². The Morgan fingerprint density at radius 1 is 1.05 bits per heavy atom. The van der Waals surface area contributed by atoms with Crippen LogP contribution in [0.3, 0.4) is 0 Å². The van der Waals surface area contributed by atoms with Crippen LogP contribution < -0.4 is 26.8 Å². The Kier molecular flexibility index (Phi) is 8.74. The molecule has 1 aromatic carbocycles. The van der Waals surface area contributed by atoms with Crippen LogP contribution in [0, 0.1) is 18.8 Å². The molecule has 2 bridgehead atoms. The number of furan rings is 1. The minimum absolute atomic E-state index is 0.000177. The minimum atomic E-state index is -1.29. The van der Waals surface area contributed by atoms with Crippen LogP contribution in [-0.2, 0) is 25.7 Å². The number of para-hydroxylation sites is 1. The van der Waals surface area contributed by atoms with E-state index in [-0.39, 0.29) is 42.8 Å². The molecule has 3 aromatic rings. The first-order chi connectivity index (χ1) is 20.6. The number of carbonyl (C=O) groups excluding carboxylic acids is 5. The van der Waals surface area contributed by atoms with Crippen molar-refractivity contribution in [3.05, 3.63) is 64.3 Å². The van der Waals surface area contributed by atoms with Gasteiger partial charge in [-0.05, 0) is 62.6 Å². The van der Waals surface area contributed by atoms with Gasteiger partial charge in [-0.25, -0.2) is 0 Å². The average Bonchev–Trinajstić information content (AvgIpc) is 3.71. The summed E-state index contributed by atoms with van der Waals surface area (Å²) in [7, 11) is 1.31. The van der Waals surface area contributed by atoms with Crippen LogP contribution in [0.4, 0.5) is 5.69 Å². The Labute approximate surface area is 247 Å². The second-order valence-corrected chi connectivity index (χ2v) is 11.3. The predicted molar refractivity (Wildman–Crippen MR) is 157 cm³/mol. The number of amides is 4. The fraction of sp³-hybridized carbons (Fsp3) is 0.419. The lowest BCUT2D eigenvalue weighted by Crippen LogP contribution is -2.45. The summed E-state index contributed by atoms with van der Waals surface area (Å²) in [6.07, 6.45) is 5.33. The Bertz CT molecular complexity index is 1640. The van der Waals surface area contributed by atoms with Crippen LogP contribution in [0.25, 0.3) is 11.0 Å². The Morgan fingerprint density at radius 3 is 2.53 bits per heavy atom. The Morgan fingerprint density at radius 2 is 1.84 bits per heavy atom. The van der Waals surface area contributed by atoms with Gasteiger partial charge in [0.1, 0.15) is 23.9 Å². The maximum atomic E-state index is 13.4. The Hall–Kier alpha value is -4.74.